The van der Waals surface area contributed by atoms with Gasteiger partial charge in [0.05, 0.1) is 11.3 Å². The molecule has 148 valence electrons. The van der Waals surface area contributed by atoms with Gasteiger partial charge in [-0.1, -0.05) is 42.8 Å². The van der Waals surface area contributed by atoms with Crippen LogP contribution >= 0.6 is 0 Å². The molecule has 0 aliphatic rings. The van der Waals surface area contributed by atoms with Crippen LogP contribution in [0, 0.1) is 0 Å². The number of halogens is 3. The van der Waals surface area contributed by atoms with Crippen LogP contribution in [0.3, 0.4) is 0 Å². The number of para-hydroxylation sites is 1. The van der Waals surface area contributed by atoms with E-state index in [0.29, 0.717) is 28.6 Å². The largest absolute Gasteiger partial charge is 0.588 e. The molecule has 1 N–H and O–H groups in total. The first-order valence-corrected chi connectivity index (χ1v) is 9.81. The highest BCUT2D eigenvalue weighted by molar-refractivity contribution is 7.92. The number of benzene rings is 2. The number of nitrogens with one attached hydrogen (secondary N) is 1. The Hall–Kier alpha value is -2.52. The summed E-state index contributed by atoms with van der Waals surface area (Å²) in [5.74, 6) is 0.862. The van der Waals surface area contributed by atoms with Crippen molar-refractivity contribution in [3.8, 4) is 11.4 Å². The fourth-order valence-corrected chi connectivity index (χ4v) is 3.46. The zero-order valence-corrected chi connectivity index (χ0v) is 15.8. The summed E-state index contributed by atoms with van der Waals surface area (Å²) in [5.41, 5.74) is -0.554. The molecular formula is C19H18F3N3O2S. The Morgan fingerprint density at radius 2 is 1.93 bits per heavy atom. The second-order valence-corrected chi connectivity index (χ2v) is 7.27. The summed E-state index contributed by atoms with van der Waals surface area (Å²) in [7, 11) is 0. The number of anilines is 1. The van der Waals surface area contributed by atoms with E-state index >= 15 is 0 Å². The number of aromatic nitrogens is 2. The third-order valence-electron chi connectivity index (χ3n) is 3.95. The monoisotopic (exact) mass is 409 g/mol. The maximum Gasteiger partial charge on any atom is 0.418 e. The van der Waals surface area contributed by atoms with Crippen molar-refractivity contribution in [2.75, 3.05) is 4.72 Å². The highest BCUT2D eigenvalue weighted by atomic mass is 32.2. The minimum Gasteiger partial charge on any atom is -0.588 e. The lowest BCUT2D eigenvalue weighted by Gasteiger charge is -2.16. The molecule has 0 saturated heterocycles. The number of hydrogen-bond donors (Lipinski definition) is 1. The summed E-state index contributed by atoms with van der Waals surface area (Å²) in [6, 6.07) is 11.4. The fourth-order valence-electron chi connectivity index (χ4n) is 2.53. The van der Waals surface area contributed by atoms with Crippen LogP contribution in [0.4, 0.5) is 18.9 Å². The first-order valence-electron chi connectivity index (χ1n) is 8.66. The van der Waals surface area contributed by atoms with Gasteiger partial charge in [0.15, 0.2) is 4.90 Å². The van der Waals surface area contributed by atoms with E-state index in [2.05, 4.69) is 21.8 Å². The second-order valence-electron chi connectivity index (χ2n) is 6.06. The molecule has 3 aromatic rings. The smallest absolute Gasteiger partial charge is 0.418 e. The van der Waals surface area contributed by atoms with E-state index in [1.165, 1.54) is 18.2 Å². The molecule has 5 nitrogen and oxygen atoms in total. The topological polar surface area (TPSA) is 74.0 Å². The molecule has 3 rings (SSSR count). The van der Waals surface area contributed by atoms with Gasteiger partial charge < -0.3 is 9.08 Å². The maximum atomic E-state index is 13.1. The number of aryl methyl sites for hydroxylation is 1. The molecule has 1 heterocycles. The standard InChI is InChI=1S/C19H18F3N3O2S/c1-2-3-11-17-23-18(24-27-17)13-7-6-8-14(12-13)28(26)25-16-10-5-4-9-15(16)19(20,21)22/h4-10,12,25H,2-3,11H2,1H3. The van der Waals surface area contributed by atoms with Crippen molar-refractivity contribution in [1.82, 2.24) is 10.1 Å². The molecule has 28 heavy (non-hydrogen) atoms. The SMILES string of the molecule is CCCCc1nc(-c2cccc([S+]([O-])Nc3ccccc3C(F)(F)F)c2)no1. The molecule has 0 bridgehead atoms. The maximum absolute atomic E-state index is 13.1. The van der Waals surface area contributed by atoms with Gasteiger partial charge in [0.2, 0.25) is 11.7 Å². The number of unbranched alkanes of at least 4 members (excludes halogenated alkanes) is 1. The zero-order valence-electron chi connectivity index (χ0n) is 15.0. The first kappa shape index (κ1) is 20.2. The molecule has 0 amide bonds. The lowest BCUT2D eigenvalue weighted by molar-refractivity contribution is -0.136. The Morgan fingerprint density at radius 1 is 1.14 bits per heavy atom. The van der Waals surface area contributed by atoms with Crippen LogP contribution < -0.4 is 4.72 Å². The van der Waals surface area contributed by atoms with Gasteiger partial charge in [0, 0.05) is 18.1 Å². The summed E-state index contributed by atoms with van der Waals surface area (Å²) < 4.78 is 59.6. The van der Waals surface area contributed by atoms with Gasteiger partial charge in [-0.2, -0.15) is 18.2 Å². The van der Waals surface area contributed by atoms with Crippen molar-refractivity contribution >= 4 is 17.0 Å². The van der Waals surface area contributed by atoms with Crippen molar-refractivity contribution in [3.05, 3.63) is 60.0 Å². The number of rotatable bonds is 7. The van der Waals surface area contributed by atoms with Crippen molar-refractivity contribution in [2.45, 2.75) is 37.3 Å². The van der Waals surface area contributed by atoms with E-state index in [1.807, 2.05) is 0 Å². The van der Waals surface area contributed by atoms with Gasteiger partial charge in [0.25, 0.3) is 0 Å². The van der Waals surface area contributed by atoms with Crippen molar-refractivity contribution in [1.29, 1.82) is 0 Å². The summed E-state index contributed by atoms with van der Waals surface area (Å²) in [6.45, 7) is 2.06. The van der Waals surface area contributed by atoms with Gasteiger partial charge in [0.1, 0.15) is 11.4 Å². The molecule has 1 atom stereocenters. The third kappa shape index (κ3) is 4.85. The van der Waals surface area contributed by atoms with Crippen molar-refractivity contribution in [3.63, 3.8) is 0 Å². The van der Waals surface area contributed by atoms with Crippen LogP contribution in [0.5, 0.6) is 0 Å². The van der Waals surface area contributed by atoms with Gasteiger partial charge >= 0.3 is 6.18 Å². The van der Waals surface area contributed by atoms with Crippen LogP contribution in [-0.4, -0.2) is 14.7 Å². The molecule has 9 heteroatoms. The first-order chi connectivity index (χ1) is 13.4. The molecular weight excluding hydrogens is 391 g/mol. The van der Waals surface area contributed by atoms with Crippen LogP contribution in [-0.2, 0) is 24.0 Å². The van der Waals surface area contributed by atoms with E-state index in [1.54, 1.807) is 24.3 Å². The average molecular weight is 409 g/mol. The van der Waals surface area contributed by atoms with Crippen LogP contribution in [0.1, 0.15) is 31.2 Å². The molecule has 2 aromatic carbocycles. The van der Waals surface area contributed by atoms with Gasteiger partial charge in [-0.05, 0) is 24.6 Å². The summed E-state index contributed by atoms with van der Waals surface area (Å²) in [5, 5.41) is 3.92. The van der Waals surface area contributed by atoms with E-state index in [0.717, 1.165) is 18.9 Å². The van der Waals surface area contributed by atoms with Crippen LogP contribution in [0.15, 0.2) is 57.9 Å². The minimum atomic E-state index is -4.55. The van der Waals surface area contributed by atoms with Crippen molar-refractivity contribution < 1.29 is 22.2 Å². The predicted octanol–water partition coefficient (Wildman–Crippen LogP) is 5.23. The average Bonchev–Trinajstić information content (AvgIpc) is 3.15. The van der Waals surface area contributed by atoms with Gasteiger partial charge in [-0.25, -0.2) is 4.72 Å². The Balaban J connectivity index is 1.80. The Bertz CT molecular complexity index is 931. The molecule has 0 aliphatic heterocycles. The highest BCUT2D eigenvalue weighted by Gasteiger charge is 2.34. The molecule has 1 aromatic heterocycles. The van der Waals surface area contributed by atoms with E-state index in [-0.39, 0.29) is 5.69 Å². The zero-order chi connectivity index (χ0) is 20.1. The Kier molecular flexibility index (Phi) is 6.25. The molecule has 0 spiro atoms. The second kappa shape index (κ2) is 8.66. The quantitative estimate of drug-likeness (QED) is 0.541. The lowest BCUT2D eigenvalue weighted by Crippen LogP contribution is -2.17. The Morgan fingerprint density at radius 3 is 2.68 bits per heavy atom. The fraction of sp³-hybridized carbons (Fsp3) is 0.263. The third-order valence-corrected chi connectivity index (χ3v) is 5.04. The molecule has 0 aliphatic carbocycles. The van der Waals surface area contributed by atoms with E-state index < -0.39 is 23.1 Å². The number of nitrogens with zero attached hydrogens (tertiary/aromatic N) is 2. The normalized spacial score (nSPS) is 12.8. The summed E-state index contributed by atoms with van der Waals surface area (Å²) in [4.78, 5) is 4.60. The Labute approximate surface area is 163 Å². The molecule has 0 fully saturated rings. The minimum absolute atomic E-state index is 0.250. The summed E-state index contributed by atoms with van der Waals surface area (Å²) >= 11 is -1.90. The van der Waals surface area contributed by atoms with Crippen LogP contribution in [0.25, 0.3) is 11.4 Å². The molecule has 0 saturated carbocycles. The lowest BCUT2D eigenvalue weighted by atomic mass is 10.2. The van der Waals surface area contributed by atoms with Crippen molar-refractivity contribution in [2.24, 2.45) is 0 Å². The van der Waals surface area contributed by atoms with Crippen LogP contribution in [0.2, 0.25) is 0 Å². The number of alkyl halides is 3. The van der Waals surface area contributed by atoms with Gasteiger partial charge in [-0.15, -0.1) is 0 Å². The molecule has 1 unspecified atom stereocenters. The summed E-state index contributed by atoms with van der Waals surface area (Å²) in [6.07, 6.45) is -1.95. The molecule has 0 radical (unpaired) electrons. The predicted molar refractivity (Wildman–Crippen MR) is 99.8 cm³/mol. The highest BCUT2D eigenvalue weighted by Crippen LogP contribution is 2.35. The van der Waals surface area contributed by atoms with E-state index in [9.17, 15) is 17.7 Å². The number of hydrogen-bond acceptors (Lipinski definition) is 5. The van der Waals surface area contributed by atoms with E-state index in [4.69, 9.17) is 4.52 Å². The van der Waals surface area contributed by atoms with Gasteiger partial charge in [-0.3, -0.25) is 0 Å².